The number of phenolic OH excluding ortho intramolecular Hbond substituents is 4. The Labute approximate surface area is 184 Å². The number of aromatic hydroxyl groups is 4. The highest BCUT2D eigenvalue weighted by atomic mass is 16.3. The fraction of sp³-hybridized carbons (Fsp3) is 0.0370. The van der Waals surface area contributed by atoms with Gasteiger partial charge in [0.15, 0.2) is 0 Å². The second kappa shape index (κ2) is 19.2. The molecule has 4 N–H and O–H groups in total. The van der Waals surface area contributed by atoms with Crippen molar-refractivity contribution in [2.75, 3.05) is 0 Å². The standard InChI is InChI=1S/4C6H6O.C3H6/c4*7-6-4-2-1-3-5-6;1-3-2/h4*1-5,7H;3H,1H2,2H3. The van der Waals surface area contributed by atoms with E-state index in [0.29, 0.717) is 23.0 Å². The van der Waals surface area contributed by atoms with Gasteiger partial charge in [-0.05, 0) is 55.5 Å². The third kappa shape index (κ3) is 18.9. The van der Waals surface area contributed by atoms with Gasteiger partial charge in [-0.25, -0.2) is 0 Å². The molecule has 31 heavy (non-hydrogen) atoms. The van der Waals surface area contributed by atoms with E-state index in [-0.39, 0.29) is 0 Å². The van der Waals surface area contributed by atoms with E-state index in [1.54, 1.807) is 103 Å². The van der Waals surface area contributed by atoms with Crippen LogP contribution in [0.3, 0.4) is 0 Å². The second-order valence-electron chi connectivity index (χ2n) is 5.75. The molecule has 0 aliphatic rings. The molecule has 0 saturated heterocycles. The van der Waals surface area contributed by atoms with Crippen LogP contribution in [0.5, 0.6) is 23.0 Å². The third-order valence-corrected chi connectivity index (χ3v) is 3.02. The molecule has 4 rings (SSSR count). The smallest absolute Gasteiger partial charge is 0.115 e. The van der Waals surface area contributed by atoms with E-state index in [4.69, 9.17) is 20.4 Å². The van der Waals surface area contributed by atoms with Gasteiger partial charge in [0.25, 0.3) is 0 Å². The van der Waals surface area contributed by atoms with Gasteiger partial charge in [0.2, 0.25) is 0 Å². The average Bonchev–Trinajstić information content (AvgIpc) is 2.78. The first-order chi connectivity index (χ1) is 15.0. The first-order valence-electron chi connectivity index (χ1n) is 9.52. The van der Waals surface area contributed by atoms with Gasteiger partial charge >= 0.3 is 0 Å². The summed E-state index contributed by atoms with van der Waals surface area (Å²) in [5.74, 6) is 1.29. The highest BCUT2D eigenvalue weighted by Gasteiger charge is 1.76. The molecule has 0 spiro atoms. The average molecular weight is 419 g/mol. The van der Waals surface area contributed by atoms with Crippen LogP contribution in [0.25, 0.3) is 0 Å². The van der Waals surface area contributed by atoms with Crippen LogP contribution in [-0.2, 0) is 0 Å². The van der Waals surface area contributed by atoms with Crippen molar-refractivity contribution in [2.45, 2.75) is 6.92 Å². The van der Waals surface area contributed by atoms with Crippen molar-refractivity contribution in [3.63, 3.8) is 0 Å². The monoisotopic (exact) mass is 418 g/mol. The van der Waals surface area contributed by atoms with E-state index in [9.17, 15) is 0 Å². The van der Waals surface area contributed by atoms with Crippen LogP contribution in [0, 0.1) is 0 Å². The molecule has 0 radical (unpaired) electrons. The van der Waals surface area contributed by atoms with Crippen molar-refractivity contribution in [1.29, 1.82) is 0 Å². The lowest BCUT2D eigenvalue weighted by molar-refractivity contribution is 0.475. The molecule has 0 bridgehead atoms. The summed E-state index contributed by atoms with van der Waals surface area (Å²) in [5, 5.41) is 34.5. The quantitative estimate of drug-likeness (QED) is 0.238. The molecule has 4 heteroatoms. The van der Waals surface area contributed by atoms with Crippen molar-refractivity contribution < 1.29 is 20.4 Å². The molecule has 4 aromatic carbocycles. The summed E-state index contributed by atoms with van der Waals surface area (Å²) in [6, 6.07) is 34.9. The van der Waals surface area contributed by atoms with Crippen LogP contribution < -0.4 is 0 Å². The maximum atomic E-state index is 8.63. The Hall–Kier alpha value is -4.18. The normalized spacial score (nSPS) is 8.16. The lowest BCUT2D eigenvalue weighted by Gasteiger charge is -1.82. The molecule has 0 fully saturated rings. The van der Waals surface area contributed by atoms with Crippen molar-refractivity contribution in [1.82, 2.24) is 0 Å². The number of hydrogen-bond donors (Lipinski definition) is 4. The van der Waals surface area contributed by atoms with Gasteiger partial charge in [0, 0.05) is 0 Å². The van der Waals surface area contributed by atoms with E-state index in [1.165, 1.54) is 0 Å². The molecule has 4 aromatic rings. The van der Waals surface area contributed by atoms with Crippen LogP contribution in [0.15, 0.2) is 134 Å². The zero-order valence-corrected chi connectivity index (χ0v) is 17.6. The summed E-state index contributed by atoms with van der Waals surface area (Å²) < 4.78 is 0. The predicted octanol–water partition coefficient (Wildman–Crippen LogP) is 6.76. The fourth-order valence-electron chi connectivity index (χ4n) is 1.71. The largest absolute Gasteiger partial charge is 0.508 e. The van der Waals surface area contributed by atoms with E-state index in [1.807, 2.05) is 31.2 Å². The fourth-order valence-corrected chi connectivity index (χ4v) is 1.71. The molecule has 0 aliphatic carbocycles. The Balaban J connectivity index is 0.000000371. The maximum Gasteiger partial charge on any atom is 0.115 e. The first-order valence-corrected chi connectivity index (χ1v) is 9.52. The molecule has 0 aliphatic heterocycles. The number of allylic oxidation sites excluding steroid dienone is 1. The molecule has 0 atom stereocenters. The zero-order valence-electron chi connectivity index (χ0n) is 17.6. The summed E-state index contributed by atoms with van der Waals surface area (Å²) in [6.45, 7) is 5.25. The molecular weight excluding hydrogens is 388 g/mol. The van der Waals surface area contributed by atoms with Gasteiger partial charge in [-0.3, -0.25) is 0 Å². The molecule has 0 saturated carbocycles. The summed E-state index contributed by atoms with van der Waals surface area (Å²) in [5.41, 5.74) is 0. The first kappa shape index (κ1) is 26.8. The summed E-state index contributed by atoms with van der Waals surface area (Å²) in [4.78, 5) is 0. The Morgan fingerprint density at radius 2 is 0.548 bits per heavy atom. The lowest BCUT2D eigenvalue weighted by atomic mass is 10.3. The van der Waals surface area contributed by atoms with Gasteiger partial charge in [-0.2, -0.15) is 0 Å². The molecule has 0 unspecified atom stereocenters. The third-order valence-electron chi connectivity index (χ3n) is 3.02. The van der Waals surface area contributed by atoms with E-state index < -0.39 is 0 Å². The minimum atomic E-state index is 0.322. The molecule has 162 valence electrons. The van der Waals surface area contributed by atoms with Gasteiger partial charge in [0.05, 0.1) is 0 Å². The van der Waals surface area contributed by atoms with Crippen LogP contribution in [0.4, 0.5) is 0 Å². The zero-order chi connectivity index (χ0) is 23.2. The van der Waals surface area contributed by atoms with E-state index >= 15 is 0 Å². The Bertz CT molecular complexity index is 731. The number of phenols is 4. The Morgan fingerprint density at radius 3 is 0.613 bits per heavy atom. The second-order valence-corrected chi connectivity index (χ2v) is 5.75. The van der Waals surface area contributed by atoms with Crippen molar-refractivity contribution in [2.24, 2.45) is 0 Å². The summed E-state index contributed by atoms with van der Waals surface area (Å²) in [7, 11) is 0. The number of para-hydroxylation sites is 4. The van der Waals surface area contributed by atoms with E-state index in [0.717, 1.165) is 0 Å². The Morgan fingerprint density at radius 1 is 0.419 bits per heavy atom. The number of hydrogen-bond acceptors (Lipinski definition) is 4. The lowest BCUT2D eigenvalue weighted by Crippen LogP contribution is -1.56. The van der Waals surface area contributed by atoms with Crippen LogP contribution in [0.2, 0.25) is 0 Å². The van der Waals surface area contributed by atoms with Crippen LogP contribution in [-0.4, -0.2) is 20.4 Å². The minimum Gasteiger partial charge on any atom is -0.508 e. The summed E-state index contributed by atoms with van der Waals surface area (Å²) in [6.07, 6.45) is 1.75. The SMILES string of the molecule is C=CC.Oc1ccccc1.Oc1ccccc1.Oc1ccccc1.Oc1ccccc1. The predicted molar refractivity (Wildman–Crippen MR) is 128 cm³/mol. The molecule has 0 aromatic heterocycles. The van der Waals surface area contributed by atoms with Crippen LogP contribution in [0.1, 0.15) is 6.92 Å². The number of benzene rings is 4. The van der Waals surface area contributed by atoms with Gasteiger partial charge in [0.1, 0.15) is 23.0 Å². The van der Waals surface area contributed by atoms with E-state index in [2.05, 4.69) is 6.58 Å². The number of rotatable bonds is 0. The molecular formula is C27H30O4. The highest BCUT2D eigenvalue weighted by Crippen LogP contribution is 2.04. The molecule has 0 heterocycles. The maximum absolute atomic E-state index is 8.63. The van der Waals surface area contributed by atoms with Crippen LogP contribution >= 0.6 is 0 Å². The van der Waals surface area contributed by atoms with Crippen molar-refractivity contribution >= 4 is 0 Å². The van der Waals surface area contributed by atoms with Gasteiger partial charge in [-0.15, -0.1) is 6.58 Å². The summed E-state index contributed by atoms with van der Waals surface area (Å²) >= 11 is 0. The van der Waals surface area contributed by atoms with Crippen molar-refractivity contribution in [3.8, 4) is 23.0 Å². The highest BCUT2D eigenvalue weighted by molar-refractivity contribution is 5.20. The molecule has 4 nitrogen and oxygen atoms in total. The molecule has 0 amide bonds. The van der Waals surface area contributed by atoms with Gasteiger partial charge < -0.3 is 20.4 Å². The topological polar surface area (TPSA) is 80.9 Å². The van der Waals surface area contributed by atoms with Crippen molar-refractivity contribution in [3.05, 3.63) is 134 Å². The van der Waals surface area contributed by atoms with Gasteiger partial charge in [-0.1, -0.05) is 78.9 Å². The Kier molecular flexibility index (Phi) is 16.6. The minimum absolute atomic E-state index is 0.322.